The molecule has 1 saturated heterocycles. The number of amides is 4. The number of carbonyl (C=O) groups is 6. The summed E-state index contributed by atoms with van der Waals surface area (Å²) in [5.74, 6) is -5.47. The number of carboxylic acids is 2. The first-order chi connectivity index (χ1) is 16.9. The van der Waals surface area contributed by atoms with Crippen molar-refractivity contribution in [2.45, 2.75) is 76.5 Å². The van der Waals surface area contributed by atoms with E-state index < -0.39 is 78.6 Å². The van der Waals surface area contributed by atoms with Gasteiger partial charge in [0.1, 0.15) is 18.1 Å². The highest BCUT2D eigenvalue weighted by molar-refractivity contribution is 5.95. The molecule has 36 heavy (non-hydrogen) atoms. The lowest BCUT2D eigenvalue weighted by molar-refractivity contribution is -0.148. The van der Waals surface area contributed by atoms with Crippen LogP contribution in [-0.2, 0) is 28.8 Å². The molecule has 14 nitrogen and oxygen atoms in total. The van der Waals surface area contributed by atoms with Crippen molar-refractivity contribution in [2.75, 3.05) is 19.6 Å². The van der Waals surface area contributed by atoms with Crippen molar-refractivity contribution in [2.24, 2.45) is 17.4 Å². The Morgan fingerprint density at radius 2 is 1.67 bits per heavy atom. The topological polar surface area (TPSA) is 234 Å². The van der Waals surface area contributed by atoms with E-state index in [1.807, 2.05) is 0 Å². The lowest BCUT2D eigenvalue weighted by atomic mass is 10.0. The second-order valence-corrected chi connectivity index (χ2v) is 9.08. The van der Waals surface area contributed by atoms with Gasteiger partial charge in [0.15, 0.2) is 0 Å². The average Bonchev–Trinajstić information content (AvgIpc) is 3.29. The van der Waals surface area contributed by atoms with E-state index in [2.05, 4.69) is 16.0 Å². The molecule has 1 rings (SSSR count). The van der Waals surface area contributed by atoms with Crippen LogP contribution in [0.25, 0.3) is 0 Å². The molecule has 14 heteroatoms. The van der Waals surface area contributed by atoms with Crippen LogP contribution in [0.15, 0.2) is 0 Å². The molecular weight excluding hydrogens is 476 g/mol. The first-order valence-corrected chi connectivity index (χ1v) is 12.0. The Morgan fingerprint density at radius 3 is 2.22 bits per heavy atom. The van der Waals surface area contributed by atoms with Gasteiger partial charge in [-0.3, -0.25) is 24.0 Å². The monoisotopic (exact) mass is 514 g/mol. The van der Waals surface area contributed by atoms with Crippen LogP contribution >= 0.6 is 0 Å². The van der Waals surface area contributed by atoms with E-state index in [0.717, 1.165) is 0 Å². The number of nitrogens with two attached hydrogens (primary N) is 2. The molecule has 0 spiro atoms. The second-order valence-electron chi connectivity index (χ2n) is 9.08. The maximum atomic E-state index is 12.9. The lowest BCUT2D eigenvalue weighted by Crippen LogP contribution is -2.58. The molecule has 0 radical (unpaired) electrons. The number of hydrogen-bond donors (Lipinski definition) is 7. The zero-order valence-corrected chi connectivity index (χ0v) is 20.7. The SMILES string of the molecule is CC(C)[C@H](NC(=O)[C@@H](N)CC(=O)O)C(=O)N[C@@H](CCCCN)C(=O)NCC(=O)N1CCC[C@H]1C(=O)O. The summed E-state index contributed by atoms with van der Waals surface area (Å²) >= 11 is 0. The van der Waals surface area contributed by atoms with E-state index in [0.29, 0.717) is 32.2 Å². The largest absolute Gasteiger partial charge is 0.481 e. The zero-order chi connectivity index (χ0) is 27.4. The van der Waals surface area contributed by atoms with Gasteiger partial charge in [-0.25, -0.2) is 4.79 Å². The highest BCUT2D eigenvalue weighted by Crippen LogP contribution is 2.17. The average molecular weight is 515 g/mol. The Bertz CT molecular complexity index is 820. The number of nitrogens with one attached hydrogen (secondary N) is 3. The second kappa shape index (κ2) is 15.0. The number of likely N-dealkylation sites (tertiary alicyclic amines) is 1. The van der Waals surface area contributed by atoms with Crippen LogP contribution < -0.4 is 27.4 Å². The van der Waals surface area contributed by atoms with Crippen molar-refractivity contribution in [3.63, 3.8) is 0 Å². The molecule has 0 aromatic rings. The minimum atomic E-state index is -1.36. The molecule has 0 aromatic carbocycles. The van der Waals surface area contributed by atoms with Gasteiger partial charge in [0.2, 0.25) is 23.6 Å². The number of nitrogens with zero attached hydrogens (tertiary/aromatic N) is 1. The first kappa shape index (κ1) is 30.8. The van der Waals surface area contributed by atoms with Gasteiger partial charge in [0.05, 0.1) is 19.0 Å². The Hall–Kier alpha value is -3.26. The van der Waals surface area contributed by atoms with Crippen LogP contribution in [0.2, 0.25) is 0 Å². The standard InChI is InChI=1S/C22H38N6O8/c1-12(2)18(27-19(32)13(24)10-17(30)31)21(34)26-14(6-3-4-8-23)20(33)25-11-16(29)28-9-5-7-15(28)22(35)36/h12-15,18H,3-11,23-24H2,1-2H3,(H,25,33)(H,26,34)(H,27,32)(H,30,31)(H,35,36)/t13-,14-,15-,18-/m0/s1. The fraction of sp³-hybridized carbons (Fsp3) is 0.727. The van der Waals surface area contributed by atoms with Crippen molar-refractivity contribution in [1.29, 1.82) is 0 Å². The molecule has 0 aliphatic carbocycles. The fourth-order valence-electron chi connectivity index (χ4n) is 3.81. The minimum Gasteiger partial charge on any atom is -0.481 e. The van der Waals surface area contributed by atoms with Gasteiger partial charge in [-0.1, -0.05) is 13.8 Å². The van der Waals surface area contributed by atoms with Crippen molar-refractivity contribution >= 4 is 35.6 Å². The Kier molecular flexibility index (Phi) is 12.8. The summed E-state index contributed by atoms with van der Waals surface area (Å²) in [6.45, 7) is 3.54. The summed E-state index contributed by atoms with van der Waals surface area (Å²) in [6, 6.07) is -4.43. The van der Waals surface area contributed by atoms with E-state index in [1.165, 1.54) is 4.90 Å². The molecule has 1 fully saturated rings. The van der Waals surface area contributed by atoms with Crippen LogP contribution in [0.3, 0.4) is 0 Å². The van der Waals surface area contributed by atoms with Gasteiger partial charge in [0.25, 0.3) is 0 Å². The Labute approximate surface area is 209 Å². The third-order valence-electron chi connectivity index (χ3n) is 5.83. The molecule has 4 amide bonds. The normalized spacial score (nSPS) is 17.7. The molecule has 0 bridgehead atoms. The maximum absolute atomic E-state index is 12.9. The van der Waals surface area contributed by atoms with Crippen molar-refractivity contribution < 1.29 is 39.0 Å². The first-order valence-electron chi connectivity index (χ1n) is 12.0. The summed E-state index contributed by atoms with van der Waals surface area (Å²) in [5.41, 5.74) is 11.1. The fourth-order valence-corrected chi connectivity index (χ4v) is 3.81. The van der Waals surface area contributed by atoms with Crippen LogP contribution in [0.4, 0.5) is 0 Å². The number of hydrogen-bond acceptors (Lipinski definition) is 8. The smallest absolute Gasteiger partial charge is 0.326 e. The van der Waals surface area contributed by atoms with Gasteiger partial charge in [-0.2, -0.15) is 0 Å². The van der Waals surface area contributed by atoms with Crippen molar-refractivity contribution in [3.05, 3.63) is 0 Å². The molecule has 1 aliphatic rings. The third kappa shape index (κ3) is 9.77. The van der Waals surface area contributed by atoms with E-state index in [-0.39, 0.29) is 13.0 Å². The number of unbranched alkanes of at least 4 members (excludes halogenated alkanes) is 1. The zero-order valence-electron chi connectivity index (χ0n) is 20.7. The van der Waals surface area contributed by atoms with Gasteiger partial charge in [-0.15, -0.1) is 0 Å². The van der Waals surface area contributed by atoms with Crippen molar-refractivity contribution in [1.82, 2.24) is 20.9 Å². The summed E-state index contributed by atoms with van der Waals surface area (Å²) in [4.78, 5) is 73.8. The van der Waals surface area contributed by atoms with Gasteiger partial charge in [-0.05, 0) is 44.6 Å². The highest BCUT2D eigenvalue weighted by Gasteiger charge is 2.35. The molecule has 4 atom stereocenters. The van der Waals surface area contributed by atoms with Gasteiger partial charge >= 0.3 is 11.9 Å². The van der Waals surface area contributed by atoms with Crippen LogP contribution in [0, 0.1) is 5.92 Å². The Morgan fingerprint density at radius 1 is 1.00 bits per heavy atom. The summed E-state index contributed by atoms with van der Waals surface area (Å²) in [7, 11) is 0. The minimum absolute atomic E-state index is 0.210. The highest BCUT2D eigenvalue weighted by atomic mass is 16.4. The van der Waals surface area contributed by atoms with E-state index in [1.54, 1.807) is 13.8 Å². The lowest BCUT2D eigenvalue weighted by Gasteiger charge is -2.26. The molecule has 0 unspecified atom stereocenters. The predicted octanol–water partition coefficient (Wildman–Crippen LogP) is -2.27. The van der Waals surface area contributed by atoms with E-state index in [9.17, 15) is 33.9 Å². The van der Waals surface area contributed by atoms with E-state index in [4.69, 9.17) is 16.6 Å². The summed E-state index contributed by atoms with van der Waals surface area (Å²) in [5, 5.41) is 25.5. The molecule has 1 heterocycles. The van der Waals surface area contributed by atoms with E-state index >= 15 is 0 Å². The molecule has 9 N–H and O–H groups in total. The molecule has 204 valence electrons. The number of carboxylic acid groups (broad SMARTS) is 2. The molecule has 1 aliphatic heterocycles. The Balaban J connectivity index is 2.84. The van der Waals surface area contributed by atoms with Gasteiger partial charge in [0, 0.05) is 6.54 Å². The maximum Gasteiger partial charge on any atom is 0.326 e. The summed E-state index contributed by atoms with van der Waals surface area (Å²) in [6.07, 6.45) is 1.56. The third-order valence-corrected chi connectivity index (χ3v) is 5.83. The number of carbonyl (C=O) groups excluding carboxylic acids is 4. The van der Waals surface area contributed by atoms with Crippen molar-refractivity contribution in [3.8, 4) is 0 Å². The predicted molar refractivity (Wildman–Crippen MR) is 127 cm³/mol. The summed E-state index contributed by atoms with van der Waals surface area (Å²) < 4.78 is 0. The van der Waals surface area contributed by atoms with Crippen LogP contribution in [0.1, 0.15) is 52.4 Å². The molecular formula is C22H38N6O8. The number of aliphatic carboxylic acids is 2. The quantitative estimate of drug-likeness (QED) is 0.116. The van der Waals surface area contributed by atoms with Gasteiger partial charge < -0.3 is 42.5 Å². The molecule has 0 aromatic heterocycles. The molecule has 0 saturated carbocycles. The number of rotatable bonds is 15. The van der Waals surface area contributed by atoms with Crippen LogP contribution in [-0.4, -0.2) is 94.5 Å². The van der Waals surface area contributed by atoms with Crippen LogP contribution in [0.5, 0.6) is 0 Å².